The summed E-state index contributed by atoms with van der Waals surface area (Å²) in [6.07, 6.45) is 5.27. The van der Waals surface area contributed by atoms with Crippen molar-refractivity contribution in [3.05, 3.63) is 0 Å². The van der Waals surface area contributed by atoms with Gasteiger partial charge in [0.05, 0.1) is 25.3 Å². The molecule has 27 heavy (non-hydrogen) atoms. The highest BCUT2D eigenvalue weighted by Gasteiger charge is 2.42. The molecule has 2 N–H and O–H groups in total. The van der Waals surface area contributed by atoms with Crippen LogP contribution in [0.2, 0.25) is 0 Å². The van der Waals surface area contributed by atoms with Crippen LogP contribution in [0.3, 0.4) is 0 Å². The van der Waals surface area contributed by atoms with E-state index in [-0.39, 0.29) is 30.6 Å². The molecule has 0 aromatic carbocycles. The fourth-order valence-corrected chi connectivity index (χ4v) is 5.37. The van der Waals surface area contributed by atoms with Crippen molar-refractivity contribution in [2.24, 2.45) is 17.8 Å². The number of carboxylic acid groups (broad SMARTS) is 1. The van der Waals surface area contributed by atoms with Crippen LogP contribution < -0.4 is 5.32 Å². The largest absolute Gasteiger partial charge is 0.480 e. The van der Waals surface area contributed by atoms with Crippen molar-refractivity contribution in [2.45, 2.75) is 57.7 Å². The van der Waals surface area contributed by atoms with E-state index in [1.54, 1.807) is 11.9 Å². The molecule has 6 unspecified atom stereocenters. The fourth-order valence-electron chi connectivity index (χ4n) is 5.37. The molecule has 1 aliphatic heterocycles. The first kappa shape index (κ1) is 20.6. The molecule has 3 rings (SSSR count). The van der Waals surface area contributed by atoms with Gasteiger partial charge in [-0.1, -0.05) is 6.42 Å². The molecular formula is C20H35N3O4. The minimum Gasteiger partial charge on any atom is -0.480 e. The van der Waals surface area contributed by atoms with Gasteiger partial charge in [-0.05, 0) is 57.9 Å². The average molecular weight is 382 g/mol. The number of nitrogens with zero attached hydrogens (tertiary/aromatic N) is 2. The Morgan fingerprint density at radius 2 is 2.07 bits per heavy atom. The van der Waals surface area contributed by atoms with E-state index >= 15 is 0 Å². The van der Waals surface area contributed by atoms with Crippen LogP contribution in [0.15, 0.2) is 0 Å². The highest BCUT2D eigenvalue weighted by atomic mass is 16.5. The molecule has 1 amide bonds. The molecule has 2 saturated carbocycles. The first-order valence-corrected chi connectivity index (χ1v) is 10.4. The second kappa shape index (κ2) is 8.88. The standard InChI is InChI=1S/C20H35N3O4/c1-13(18-9-15-4-5-16(18)8-15)21-20(26)14(2)23-6-7-27-17(11-23)10-22(3)12-19(24)25/h13-18H,4-12H2,1-3H3,(H,21,26)(H,24,25). The number of carbonyl (C=O) groups excluding carboxylic acids is 1. The normalized spacial score (nSPS) is 33.2. The predicted octanol–water partition coefficient (Wildman–Crippen LogP) is 1.03. The number of ether oxygens (including phenoxy) is 1. The maximum absolute atomic E-state index is 12.8. The Hall–Kier alpha value is -1.18. The zero-order valence-corrected chi connectivity index (χ0v) is 16.9. The molecule has 2 aliphatic carbocycles. The number of nitrogens with one attached hydrogen (secondary N) is 1. The Bertz CT molecular complexity index is 543. The van der Waals surface area contributed by atoms with Crippen molar-refractivity contribution < 1.29 is 19.4 Å². The van der Waals surface area contributed by atoms with Gasteiger partial charge in [0.1, 0.15) is 0 Å². The molecule has 1 saturated heterocycles. The summed E-state index contributed by atoms with van der Waals surface area (Å²) in [6.45, 7) is 6.64. The Balaban J connectivity index is 1.46. The van der Waals surface area contributed by atoms with E-state index in [2.05, 4.69) is 17.1 Å². The monoisotopic (exact) mass is 381 g/mol. The lowest BCUT2D eigenvalue weighted by Gasteiger charge is -2.38. The highest BCUT2D eigenvalue weighted by molar-refractivity contribution is 5.81. The minimum absolute atomic E-state index is 0.00301. The predicted molar refractivity (Wildman–Crippen MR) is 102 cm³/mol. The van der Waals surface area contributed by atoms with Gasteiger partial charge in [0.2, 0.25) is 5.91 Å². The third-order valence-electron chi connectivity index (χ3n) is 6.82. The van der Waals surface area contributed by atoms with E-state index in [1.165, 1.54) is 25.7 Å². The van der Waals surface area contributed by atoms with E-state index < -0.39 is 5.97 Å². The lowest BCUT2D eigenvalue weighted by Crippen LogP contribution is -2.55. The van der Waals surface area contributed by atoms with Crippen molar-refractivity contribution in [2.75, 3.05) is 39.8 Å². The quantitative estimate of drug-likeness (QED) is 0.654. The zero-order valence-electron chi connectivity index (χ0n) is 16.9. The molecule has 154 valence electrons. The minimum atomic E-state index is -0.840. The van der Waals surface area contributed by atoms with E-state index in [0.29, 0.717) is 25.6 Å². The summed E-state index contributed by atoms with van der Waals surface area (Å²) >= 11 is 0. The van der Waals surface area contributed by atoms with Gasteiger partial charge in [0.15, 0.2) is 0 Å². The van der Waals surface area contributed by atoms with E-state index in [9.17, 15) is 9.59 Å². The van der Waals surface area contributed by atoms with Gasteiger partial charge in [0.25, 0.3) is 0 Å². The number of carboxylic acids is 1. The number of rotatable bonds is 8. The summed E-state index contributed by atoms with van der Waals surface area (Å²) in [7, 11) is 1.78. The molecule has 0 spiro atoms. The first-order chi connectivity index (χ1) is 12.8. The zero-order chi connectivity index (χ0) is 19.6. The number of morpholine rings is 1. The lowest BCUT2D eigenvalue weighted by atomic mass is 9.84. The first-order valence-electron chi connectivity index (χ1n) is 10.4. The van der Waals surface area contributed by atoms with Gasteiger partial charge >= 0.3 is 5.97 Å². The highest BCUT2D eigenvalue weighted by Crippen LogP contribution is 2.49. The van der Waals surface area contributed by atoms with Gasteiger partial charge < -0.3 is 15.2 Å². The van der Waals surface area contributed by atoms with Crippen molar-refractivity contribution in [3.8, 4) is 0 Å². The topological polar surface area (TPSA) is 82.1 Å². The summed E-state index contributed by atoms with van der Waals surface area (Å²) in [4.78, 5) is 27.5. The third kappa shape index (κ3) is 5.21. The second-order valence-electron chi connectivity index (χ2n) is 8.89. The van der Waals surface area contributed by atoms with Gasteiger partial charge in [0, 0.05) is 25.7 Å². The number of amides is 1. The molecule has 3 aliphatic rings. The number of likely N-dealkylation sites (N-methyl/N-ethyl adjacent to an activating group) is 1. The van der Waals surface area contributed by atoms with Crippen molar-refractivity contribution in [1.82, 2.24) is 15.1 Å². The summed E-state index contributed by atoms with van der Waals surface area (Å²) in [5, 5.41) is 12.2. The van der Waals surface area contributed by atoms with E-state index in [0.717, 1.165) is 18.4 Å². The average Bonchev–Trinajstić information content (AvgIpc) is 3.23. The smallest absolute Gasteiger partial charge is 0.317 e. The number of fused-ring (bicyclic) bond motifs is 2. The van der Waals surface area contributed by atoms with E-state index in [4.69, 9.17) is 9.84 Å². The second-order valence-corrected chi connectivity index (χ2v) is 8.89. The van der Waals surface area contributed by atoms with E-state index in [1.807, 2.05) is 6.92 Å². The SMILES string of the molecule is CC(NC(=O)C(C)N1CCOC(CN(C)CC(=O)O)C1)C1CC2CCC1C2. The van der Waals surface area contributed by atoms with Gasteiger partial charge in [-0.15, -0.1) is 0 Å². The third-order valence-corrected chi connectivity index (χ3v) is 6.82. The lowest BCUT2D eigenvalue weighted by molar-refractivity contribution is -0.138. The summed E-state index contributed by atoms with van der Waals surface area (Å²) in [5.41, 5.74) is 0. The van der Waals surface area contributed by atoms with Crippen molar-refractivity contribution in [3.63, 3.8) is 0 Å². The summed E-state index contributed by atoms with van der Waals surface area (Å²) in [5.74, 6) is 1.59. The molecule has 0 aromatic heterocycles. The molecule has 6 atom stereocenters. The van der Waals surface area contributed by atoms with Crippen LogP contribution in [0.1, 0.15) is 39.5 Å². The fraction of sp³-hybridized carbons (Fsp3) is 0.900. The molecule has 2 bridgehead atoms. The van der Waals surface area contributed by atoms with Crippen molar-refractivity contribution in [1.29, 1.82) is 0 Å². The van der Waals surface area contributed by atoms with Crippen molar-refractivity contribution >= 4 is 11.9 Å². The maximum atomic E-state index is 12.8. The number of hydrogen-bond acceptors (Lipinski definition) is 5. The summed E-state index contributed by atoms with van der Waals surface area (Å²) < 4.78 is 5.78. The molecule has 1 heterocycles. The number of carbonyl (C=O) groups is 2. The molecule has 7 heteroatoms. The van der Waals surface area contributed by atoms with Crippen LogP contribution in [0, 0.1) is 17.8 Å². The van der Waals surface area contributed by atoms with Gasteiger partial charge in [-0.25, -0.2) is 0 Å². The van der Waals surface area contributed by atoms with Crippen LogP contribution in [-0.4, -0.2) is 84.8 Å². The number of aliphatic carboxylic acids is 1. The Morgan fingerprint density at radius 1 is 1.30 bits per heavy atom. The van der Waals surface area contributed by atoms with Crippen LogP contribution >= 0.6 is 0 Å². The molecule has 0 aromatic rings. The van der Waals surface area contributed by atoms with Gasteiger partial charge in [-0.2, -0.15) is 0 Å². The maximum Gasteiger partial charge on any atom is 0.317 e. The van der Waals surface area contributed by atoms with Crippen LogP contribution in [0.4, 0.5) is 0 Å². The summed E-state index contributed by atoms with van der Waals surface area (Å²) in [6, 6.07) is 0.0519. The van der Waals surface area contributed by atoms with Crippen LogP contribution in [-0.2, 0) is 14.3 Å². The molecular weight excluding hydrogens is 346 g/mol. The van der Waals surface area contributed by atoms with Gasteiger partial charge in [-0.3, -0.25) is 19.4 Å². The molecule has 7 nitrogen and oxygen atoms in total. The Morgan fingerprint density at radius 3 is 2.70 bits per heavy atom. The number of hydrogen-bond donors (Lipinski definition) is 2. The Labute approximate surface area is 162 Å². The molecule has 0 radical (unpaired) electrons. The van der Waals surface area contributed by atoms with Crippen LogP contribution in [0.5, 0.6) is 0 Å². The molecule has 3 fully saturated rings. The van der Waals surface area contributed by atoms with Crippen LogP contribution in [0.25, 0.3) is 0 Å². The Kier molecular flexibility index (Phi) is 6.76.